The molecule has 0 heterocycles. The van der Waals surface area contributed by atoms with Gasteiger partial charge in [-0.3, -0.25) is 0 Å². The van der Waals surface area contributed by atoms with Gasteiger partial charge in [0.15, 0.2) is 0 Å². The van der Waals surface area contributed by atoms with Gasteiger partial charge in [0.2, 0.25) is 0 Å². The largest absolute Gasteiger partial charge is 0.397 e. The second-order valence-electron chi connectivity index (χ2n) is 4.37. The highest BCUT2D eigenvalue weighted by Crippen LogP contribution is 2.24. The van der Waals surface area contributed by atoms with Gasteiger partial charge in [-0.25, -0.2) is 0 Å². The summed E-state index contributed by atoms with van der Waals surface area (Å²) >= 11 is 3.42. The number of halogens is 1. The molecule has 2 rings (SSSR count). The first kappa shape index (κ1) is 13.4. The molecule has 0 aliphatic rings. The number of hydrogen-bond donors (Lipinski definition) is 1. The minimum absolute atomic E-state index is 0.582. The Morgan fingerprint density at radius 3 is 2.47 bits per heavy atom. The van der Waals surface area contributed by atoms with Crippen molar-refractivity contribution in [2.45, 2.75) is 6.54 Å². The van der Waals surface area contributed by atoms with Crippen LogP contribution in [0.1, 0.15) is 11.1 Å². The molecule has 19 heavy (non-hydrogen) atoms. The molecule has 96 valence electrons. The molecule has 0 aliphatic heterocycles. The lowest BCUT2D eigenvalue weighted by molar-refractivity contribution is 0.924. The Kier molecular flexibility index (Phi) is 4.08. The third kappa shape index (κ3) is 3.27. The molecule has 0 saturated heterocycles. The molecule has 3 nitrogen and oxygen atoms in total. The van der Waals surface area contributed by atoms with Gasteiger partial charge in [0.05, 0.1) is 23.0 Å². The number of nitrogens with zero attached hydrogens (tertiary/aromatic N) is 2. The molecular weight excluding hydrogens is 302 g/mol. The lowest BCUT2D eigenvalue weighted by Crippen LogP contribution is -2.17. The zero-order valence-corrected chi connectivity index (χ0v) is 12.2. The van der Waals surface area contributed by atoms with Crippen LogP contribution in [0.15, 0.2) is 46.9 Å². The first-order chi connectivity index (χ1) is 9.10. The summed E-state index contributed by atoms with van der Waals surface area (Å²) in [6.07, 6.45) is 0. The maximum absolute atomic E-state index is 8.83. The number of nitriles is 1. The lowest BCUT2D eigenvalue weighted by Gasteiger charge is -2.21. The topological polar surface area (TPSA) is 53.0 Å². The summed E-state index contributed by atoms with van der Waals surface area (Å²) in [7, 11) is 1.99. The molecule has 0 unspecified atom stereocenters. The van der Waals surface area contributed by atoms with Gasteiger partial charge in [0, 0.05) is 18.1 Å². The van der Waals surface area contributed by atoms with E-state index in [0.29, 0.717) is 11.3 Å². The van der Waals surface area contributed by atoms with Gasteiger partial charge in [-0.1, -0.05) is 28.1 Å². The van der Waals surface area contributed by atoms with E-state index in [2.05, 4.69) is 39.0 Å². The molecule has 0 atom stereocenters. The summed E-state index contributed by atoms with van der Waals surface area (Å²) in [5.74, 6) is 0. The maximum Gasteiger partial charge on any atom is 0.0992 e. The first-order valence-electron chi connectivity index (χ1n) is 5.85. The molecule has 0 amide bonds. The van der Waals surface area contributed by atoms with Crippen molar-refractivity contribution >= 4 is 27.3 Å². The van der Waals surface area contributed by atoms with Crippen molar-refractivity contribution in [3.63, 3.8) is 0 Å². The highest BCUT2D eigenvalue weighted by atomic mass is 79.9. The van der Waals surface area contributed by atoms with Gasteiger partial charge >= 0.3 is 0 Å². The summed E-state index contributed by atoms with van der Waals surface area (Å²) in [6.45, 7) is 0.767. The van der Waals surface area contributed by atoms with Crippen LogP contribution in [0.25, 0.3) is 0 Å². The highest BCUT2D eigenvalue weighted by molar-refractivity contribution is 9.10. The second-order valence-corrected chi connectivity index (χ2v) is 5.28. The maximum atomic E-state index is 8.83. The van der Waals surface area contributed by atoms with Crippen LogP contribution in [0.4, 0.5) is 11.4 Å². The molecular formula is C15H14BrN3. The number of rotatable bonds is 3. The molecule has 0 saturated carbocycles. The Morgan fingerprint density at radius 1 is 1.21 bits per heavy atom. The summed E-state index contributed by atoms with van der Waals surface area (Å²) < 4.78 is 1.07. The minimum Gasteiger partial charge on any atom is -0.397 e. The normalized spacial score (nSPS) is 9.95. The van der Waals surface area contributed by atoms with Crippen LogP contribution in [-0.4, -0.2) is 7.05 Å². The van der Waals surface area contributed by atoms with Crippen LogP contribution < -0.4 is 10.6 Å². The van der Waals surface area contributed by atoms with Gasteiger partial charge < -0.3 is 10.6 Å². The summed E-state index contributed by atoms with van der Waals surface area (Å²) in [4.78, 5) is 2.07. The lowest BCUT2D eigenvalue weighted by atomic mass is 10.1. The predicted molar refractivity (Wildman–Crippen MR) is 81.8 cm³/mol. The van der Waals surface area contributed by atoms with E-state index in [0.717, 1.165) is 16.7 Å². The van der Waals surface area contributed by atoms with E-state index >= 15 is 0 Å². The van der Waals surface area contributed by atoms with E-state index in [1.807, 2.05) is 25.2 Å². The Morgan fingerprint density at radius 2 is 1.89 bits per heavy atom. The van der Waals surface area contributed by atoms with E-state index in [9.17, 15) is 0 Å². The fraction of sp³-hybridized carbons (Fsp3) is 0.133. The molecule has 0 bridgehead atoms. The molecule has 2 aromatic rings. The van der Waals surface area contributed by atoms with Gasteiger partial charge in [0.25, 0.3) is 0 Å². The van der Waals surface area contributed by atoms with Crippen molar-refractivity contribution in [3.05, 3.63) is 58.1 Å². The molecule has 0 aliphatic carbocycles. The van der Waals surface area contributed by atoms with Crippen LogP contribution >= 0.6 is 15.9 Å². The van der Waals surface area contributed by atoms with Crippen LogP contribution in [0.5, 0.6) is 0 Å². The number of anilines is 2. The Hall–Kier alpha value is -1.99. The zero-order valence-electron chi connectivity index (χ0n) is 10.6. The van der Waals surface area contributed by atoms with Crippen LogP contribution in [0.3, 0.4) is 0 Å². The van der Waals surface area contributed by atoms with Crippen molar-refractivity contribution in [2.24, 2.45) is 0 Å². The van der Waals surface area contributed by atoms with Crippen molar-refractivity contribution < 1.29 is 0 Å². The summed E-state index contributed by atoms with van der Waals surface area (Å²) in [5, 5.41) is 8.83. The van der Waals surface area contributed by atoms with Crippen LogP contribution in [0, 0.1) is 11.3 Å². The highest BCUT2D eigenvalue weighted by Gasteiger charge is 2.07. The number of nitrogen functional groups attached to an aromatic ring is 1. The Labute approximate surface area is 121 Å². The average Bonchev–Trinajstić information content (AvgIpc) is 2.41. The van der Waals surface area contributed by atoms with Crippen molar-refractivity contribution in [3.8, 4) is 6.07 Å². The standard InChI is InChI=1S/C15H14BrN3/c1-19(10-11-2-5-13(16)6-3-11)15-7-4-12(9-17)8-14(15)18/h2-8H,10,18H2,1H3. The minimum atomic E-state index is 0.582. The fourth-order valence-corrected chi connectivity index (χ4v) is 2.18. The van der Waals surface area contributed by atoms with Crippen LogP contribution in [0.2, 0.25) is 0 Å². The second kappa shape index (κ2) is 5.77. The average molecular weight is 316 g/mol. The third-order valence-electron chi connectivity index (χ3n) is 2.90. The van der Waals surface area contributed by atoms with Crippen LogP contribution in [-0.2, 0) is 6.54 Å². The Balaban J connectivity index is 2.18. The smallest absolute Gasteiger partial charge is 0.0992 e. The van der Waals surface area contributed by atoms with Crippen molar-refractivity contribution in [2.75, 3.05) is 17.7 Å². The fourth-order valence-electron chi connectivity index (χ4n) is 1.92. The molecule has 0 aromatic heterocycles. The van der Waals surface area contributed by atoms with E-state index in [4.69, 9.17) is 11.0 Å². The van der Waals surface area contributed by atoms with E-state index in [-0.39, 0.29) is 0 Å². The quantitative estimate of drug-likeness (QED) is 0.881. The van der Waals surface area contributed by atoms with Crippen molar-refractivity contribution in [1.82, 2.24) is 0 Å². The van der Waals surface area contributed by atoms with E-state index < -0.39 is 0 Å². The SMILES string of the molecule is CN(Cc1ccc(Br)cc1)c1ccc(C#N)cc1N. The van der Waals surface area contributed by atoms with Gasteiger partial charge in [0.1, 0.15) is 0 Å². The number of nitrogens with two attached hydrogens (primary N) is 1. The first-order valence-corrected chi connectivity index (χ1v) is 6.64. The molecule has 4 heteroatoms. The summed E-state index contributed by atoms with van der Waals surface area (Å²) in [6, 6.07) is 15.6. The number of benzene rings is 2. The summed E-state index contributed by atoms with van der Waals surface area (Å²) in [5.41, 5.74) is 9.32. The Bertz CT molecular complexity index is 614. The molecule has 0 radical (unpaired) electrons. The van der Waals surface area contributed by atoms with E-state index in [1.165, 1.54) is 5.56 Å². The monoisotopic (exact) mass is 315 g/mol. The van der Waals surface area contributed by atoms with Crippen molar-refractivity contribution in [1.29, 1.82) is 5.26 Å². The zero-order chi connectivity index (χ0) is 13.8. The molecule has 2 aromatic carbocycles. The van der Waals surface area contributed by atoms with Gasteiger partial charge in [-0.15, -0.1) is 0 Å². The van der Waals surface area contributed by atoms with E-state index in [1.54, 1.807) is 12.1 Å². The number of hydrogen-bond acceptors (Lipinski definition) is 3. The van der Waals surface area contributed by atoms with Gasteiger partial charge in [-0.2, -0.15) is 5.26 Å². The third-order valence-corrected chi connectivity index (χ3v) is 3.43. The molecule has 0 fully saturated rings. The molecule has 0 spiro atoms. The predicted octanol–water partition coefficient (Wildman–Crippen LogP) is 3.54. The molecule has 2 N–H and O–H groups in total. The van der Waals surface area contributed by atoms with Gasteiger partial charge in [-0.05, 0) is 35.9 Å².